The number of carbonyl (C=O) groups excluding carboxylic acids is 1. The monoisotopic (exact) mass is 306 g/mol. The molecule has 1 amide bonds. The van der Waals surface area contributed by atoms with E-state index in [1.54, 1.807) is 11.0 Å². The van der Waals surface area contributed by atoms with Crippen LogP contribution in [0.3, 0.4) is 0 Å². The molecule has 0 saturated heterocycles. The van der Waals surface area contributed by atoms with Gasteiger partial charge in [0, 0.05) is 5.56 Å². The second-order valence-corrected chi connectivity index (χ2v) is 5.29. The van der Waals surface area contributed by atoms with E-state index in [2.05, 4.69) is 15.4 Å². The van der Waals surface area contributed by atoms with E-state index in [1.165, 1.54) is 31.6 Å². The second-order valence-electron chi connectivity index (χ2n) is 5.29. The molecule has 0 saturated carbocycles. The molecule has 1 N–H and O–H groups in total. The first-order valence-electron chi connectivity index (χ1n) is 6.98. The number of benzene rings is 1. The van der Waals surface area contributed by atoms with Crippen molar-refractivity contribution >= 4 is 5.91 Å². The number of hydrogen-bond acceptors (Lipinski definition) is 4. The number of nitrogens with zero attached hydrogens (tertiary/aromatic N) is 3. The molecule has 0 radical (unpaired) electrons. The van der Waals surface area contributed by atoms with Crippen LogP contribution in [-0.2, 0) is 6.54 Å². The van der Waals surface area contributed by atoms with Gasteiger partial charge in [-0.1, -0.05) is 13.8 Å². The number of ether oxygens (including phenoxy) is 1. The number of rotatable bonds is 6. The fraction of sp³-hybridized carbons (Fsp3) is 0.400. The molecular weight excluding hydrogens is 287 g/mol. The van der Waals surface area contributed by atoms with Crippen molar-refractivity contribution in [2.45, 2.75) is 26.4 Å². The maximum atomic E-state index is 13.7. The summed E-state index contributed by atoms with van der Waals surface area (Å²) in [6.45, 7) is 4.50. The molecular formula is C15H19FN4O2. The van der Waals surface area contributed by atoms with Gasteiger partial charge in [0.25, 0.3) is 5.91 Å². The largest absolute Gasteiger partial charge is 0.494 e. The van der Waals surface area contributed by atoms with Crippen LogP contribution in [0, 0.1) is 11.7 Å². The summed E-state index contributed by atoms with van der Waals surface area (Å²) in [6.07, 6.45) is 3.03. The van der Waals surface area contributed by atoms with Crippen molar-refractivity contribution in [3.63, 3.8) is 0 Å². The molecule has 7 heteroatoms. The molecule has 2 rings (SSSR count). The van der Waals surface area contributed by atoms with Crippen LogP contribution in [0.5, 0.6) is 5.75 Å². The van der Waals surface area contributed by atoms with Crippen molar-refractivity contribution in [1.29, 1.82) is 0 Å². The SMILES string of the molecule is COc1ccc(C(=O)N[C@@H](Cn2cncn2)C(C)C)cc1F. The Morgan fingerprint density at radius 1 is 1.45 bits per heavy atom. The highest BCUT2D eigenvalue weighted by Gasteiger charge is 2.19. The quantitative estimate of drug-likeness (QED) is 0.884. The van der Waals surface area contributed by atoms with E-state index < -0.39 is 5.82 Å². The number of amides is 1. The fourth-order valence-corrected chi connectivity index (χ4v) is 2.01. The highest BCUT2D eigenvalue weighted by Crippen LogP contribution is 2.18. The Bertz CT molecular complexity index is 628. The van der Waals surface area contributed by atoms with Crippen LogP contribution in [-0.4, -0.2) is 33.8 Å². The summed E-state index contributed by atoms with van der Waals surface area (Å²) < 4.78 is 20.2. The number of hydrogen-bond donors (Lipinski definition) is 1. The van der Waals surface area contributed by atoms with E-state index in [0.29, 0.717) is 6.54 Å². The maximum absolute atomic E-state index is 13.7. The van der Waals surface area contributed by atoms with Crippen molar-refractivity contribution in [2.24, 2.45) is 5.92 Å². The number of aromatic nitrogens is 3. The molecule has 0 aliphatic rings. The first kappa shape index (κ1) is 15.9. The summed E-state index contributed by atoms with van der Waals surface area (Å²) in [5, 5.41) is 6.93. The maximum Gasteiger partial charge on any atom is 0.251 e. The van der Waals surface area contributed by atoms with Gasteiger partial charge in [-0.25, -0.2) is 9.37 Å². The van der Waals surface area contributed by atoms with Gasteiger partial charge in [-0.15, -0.1) is 0 Å². The third kappa shape index (κ3) is 3.81. The molecule has 0 fully saturated rings. The molecule has 0 spiro atoms. The van der Waals surface area contributed by atoms with Crippen molar-refractivity contribution in [3.8, 4) is 5.75 Å². The van der Waals surface area contributed by atoms with Gasteiger partial charge in [0.05, 0.1) is 19.7 Å². The van der Waals surface area contributed by atoms with E-state index >= 15 is 0 Å². The summed E-state index contributed by atoms with van der Waals surface area (Å²) in [4.78, 5) is 16.2. The lowest BCUT2D eigenvalue weighted by Crippen LogP contribution is -2.41. The summed E-state index contributed by atoms with van der Waals surface area (Å²) in [6, 6.07) is 4.00. The van der Waals surface area contributed by atoms with E-state index in [0.717, 1.165) is 0 Å². The predicted octanol–water partition coefficient (Wildman–Crippen LogP) is 1.88. The van der Waals surface area contributed by atoms with Crippen LogP contribution in [0.25, 0.3) is 0 Å². The van der Waals surface area contributed by atoms with Crippen molar-refractivity contribution < 1.29 is 13.9 Å². The summed E-state index contributed by atoms with van der Waals surface area (Å²) >= 11 is 0. The van der Waals surface area contributed by atoms with Gasteiger partial charge in [0.15, 0.2) is 11.6 Å². The summed E-state index contributed by atoms with van der Waals surface area (Å²) in [5.41, 5.74) is 0.252. The minimum Gasteiger partial charge on any atom is -0.494 e. The Morgan fingerprint density at radius 3 is 2.77 bits per heavy atom. The minimum atomic E-state index is -0.562. The third-order valence-corrected chi connectivity index (χ3v) is 3.39. The average Bonchev–Trinajstić information content (AvgIpc) is 2.99. The molecule has 0 aliphatic carbocycles. The highest BCUT2D eigenvalue weighted by molar-refractivity contribution is 5.94. The van der Waals surface area contributed by atoms with Crippen LogP contribution in [0.2, 0.25) is 0 Å². The van der Waals surface area contributed by atoms with Gasteiger partial charge in [-0.05, 0) is 24.1 Å². The van der Waals surface area contributed by atoms with Crippen LogP contribution in [0.4, 0.5) is 4.39 Å². The molecule has 0 bridgehead atoms. The van der Waals surface area contributed by atoms with Crippen LogP contribution < -0.4 is 10.1 Å². The summed E-state index contributed by atoms with van der Waals surface area (Å²) in [5.74, 6) is -0.594. The zero-order valence-electron chi connectivity index (χ0n) is 12.8. The zero-order chi connectivity index (χ0) is 16.1. The molecule has 1 aromatic heterocycles. The lowest BCUT2D eigenvalue weighted by Gasteiger charge is -2.22. The topological polar surface area (TPSA) is 69.0 Å². The lowest BCUT2D eigenvalue weighted by molar-refractivity contribution is 0.0919. The third-order valence-electron chi connectivity index (χ3n) is 3.39. The Kier molecular flexibility index (Phi) is 5.08. The molecule has 1 aromatic carbocycles. The first-order chi connectivity index (χ1) is 10.5. The molecule has 0 unspecified atom stereocenters. The van der Waals surface area contributed by atoms with E-state index in [-0.39, 0.29) is 29.2 Å². The molecule has 1 atom stereocenters. The molecule has 118 valence electrons. The van der Waals surface area contributed by atoms with Gasteiger partial charge in [-0.3, -0.25) is 9.48 Å². The standard InChI is InChI=1S/C15H19FN4O2/c1-10(2)13(7-20-9-17-8-18-20)19-15(21)11-4-5-14(22-3)12(16)6-11/h4-6,8-10,13H,7H2,1-3H3,(H,19,21)/t13-/m0/s1. The van der Waals surface area contributed by atoms with E-state index in [1.807, 2.05) is 13.8 Å². The fourth-order valence-electron chi connectivity index (χ4n) is 2.01. The van der Waals surface area contributed by atoms with Gasteiger partial charge in [0.2, 0.25) is 0 Å². The van der Waals surface area contributed by atoms with Crippen LogP contribution >= 0.6 is 0 Å². The first-order valence-corrected chi connectivity index (χ1v) is 6.98. The van der Waals surface area contributed by atoms with Crippen molar-refractivity contribution in [3.05, 3.63) is 42.2 Å². The number of nitrogens with one attached hydrogen (secondary N) is 1. The average molecular weight is 306 g/mol. The Morgan fingerprint density at radius 2 is 2.23 bits per heavy atom. The van der Waals surface area contributed by atoms with Crippen LogP contribution in [0.15, 0.2) is 30.9 Å². The Balaban J connectivity index is 2.09. The minimum absolute atomic E-state index is 0.111. The molecule has 22 heavy (non-hydrogen) atoms. The van der Waals surface area contributed by atoms with Gasteiger partial charge < -0.3 is 10.1 Å². The summed E-state index contributed by atoms with van der Waals surface area (Å²) in [7, 11) is 1.38. The molecule has 0 aliphatic heterocycles. The van der Waals surface area contributed by atoms with Crippen molar-refractivity contribution in [1.82, 2.24) is 20.1 Å². The molecule has 6 nitrogen and oxygen atoms in total. The van der Waals surface area contributed by atoms with Crippen LogP contribution in [0.1, 0.15) is 24.2 Å². The number of methoxy groups -OCH3 is 1. The Hall–Kier alpha value is -2.44. The van der Waals surface area contributed by atoms with Gasteiger partial charge in [-0.2, -0.15) is 5.10 Å². The Labute approximate surface area is 128 Å². The highest BCUT2D eigenvalue weighted by atomic mass is 19.1. The molecule has 2 aromatic rings. The van der Waals surface area contributed by atoms with E-state index in [4.69, 9.17) is 4.74 Å². The number of halogens is 1. The lowest BCUT2D eigenvalue weighted by atomic mass is 10.0. The van der Waals surface area contributed by atoms with Gasteiger partial charge >= 0.3 is 0 Å². The zero-order valence-corrected chi connectivity index (χ0v) is 12.8. The number of carbonyl (C=O) groups is 1. The second kappa shape index (κ2) is 7.02. The smallest absolute Gasteiger partial charge is 0.251 e. The normalized spacial score (nSPS) is 12.2. The molecule has 1 heterocycles. The van der Waals surface area contributed by atoms with Crippen molar-refractivity contribution in [2.75, 3.05) is 7.11 Å². The van der Waals surface area contributed by atoms with E-state index in [9.17, 15) is 9.18 Å². The predicted molar refractivity (Wildman–Crippen MR) is 79.1 cm³/mol. The van der Waals surface area contributed by atoms with Gasteiger partial charge in [0.1, 0.15) is 12.7 Å².